The first-order valence-electron chi connectivity index (χ1n) is 8.39. The van der Waals surface area contributed by atoms with Crippen LogP contribution in [-0.2, 0) is 6.54 Å². The maximum Gasteiger partial charge on any atom is 0.255 e. The van der Waals surface area contributed by atoms with Gasteiger partial charge in [-0.05, 0) is 46.6 Å². The molecule has 1 atom stereocenters. The summed E-state index contributed by atoms with van der Waals surface area (Å²) in [5.41, 5.74) is 4.19. The Bertz CT molecular complexity index is 716. The van der Waals surface area contributed by atoms with Gasteiger partial charge in [-0.1, -0.05) is 0 Å². The van der Waals surface area contributed by atoms with Crippen LogP contribution >= 0.6 is 11.3 Å². The van der Waals surface area contributed by atoms with E-state index in [0.717, 1.165) is 55.1 Å². The number of aryl methyl sites for hydroxylation is 2. The number of carbonyl (C=O) groups excluding carboxylic acids is 1. The van der Waals surface area contributed by atoms with Crippen molar-refractivity contribution in [3.63, 3.8) is 0 Å². The van der Waals surface area contributed by atoms with Crippen molar-refractivity contribution in [2.75, 3.05) is 13.1 Å². The van der Waals surface area contributed by atoms with Crippen molar-refractivity contribution in [1.29, 1.82) is 0 Å². The third kappa shape index (κ3) is 3.07. The van der Waals surface area contributed by atoms with Crippen molar-refractivity contribution in [1.82, 2.24) is 14.5 Å². The number of hydrogen-bond donors (Lipinski definition) is 0. The molecule has 1 amide bonds. The molecule has 0 aromatic carbocycles. The smallest absolute Gasteiger partial charge is 0.255 e. The number of thiazole rings is 1. The lowest BCUT2D eigenvalue weighted by Crippen LogP contribution is -2.39. The fraction of sp³-hybridized carbons (Fsp3) is 0.556. The van der Waals surface area contributed by atoms with Crippen LogP contribution in [-0.4, -0.2) is 33.4 Å². The summed E-state index contributed by atoms with van der Waals surface area (Å²) in [5.74, 6) is 0.567. The van der Waals surface area contributed by atoms with Crippen molar-refractivity contribution < 1.29 is 4.79 Å². The SMILES string of the molecule is CCn1c(C)cc(C(=O)N2CCC[C@H](c3nc(C)cs3)C2)c1C. The molecule has 2 aromatic rings. The van der Waals surface area contributed by atoms with Crippen LogP contribution in [0.4, 0.5) is 0 Å². The van der Waals surface area contributed by atoms with Crippen LogP contribution in [0.25, 0.3) is 0 Å². The minimum absolute atomic E-state index is 0.177. The lowest BCUT2D eigenvalue weighted by molar-refractivity contribution is 0.0706. The fourth-order valence-electron chi connectivity index (χ4n) is 3.60. The summed E-state index contributed by atoms with van der Waals surface area (Å²) in [6.45, 7) is 10.8. The van der Waals surface area contributed by atoms with Crippen LogP contribution < -0.4 is 0 Å². The summed E-state index contributed by atoms with van der Waals surface area (Å²) in [6, 6.07) is 2.04. The molecule has 0 bridgehead atoms. The molecule has 1 fully saturated rings. The average Bonchev–Trinajstić information content (AvgIpc) is 3.10. The van der Waals surface area contributed by atoms with E-state index in [9.17, 15) is 4.79 Å². The van der Waals surface area contributed by atoms with E-state index >= 15 is 0 Å². The average molecular weight is 331 g/mol. The number of carbonyl (C=O) groups is 1. The Hall–Kier alpha value is -1.62. The van der Waals surface area contributed by atoms with Crippen molar-refractivity contribution in [3.05, 3.63) is 39.1 Å². The maximum atomic E-state index is 13.0. The first kappa shape index (κ1) is 16.2. The molecule has 0 aliphatic carbocycles. The summed E-state index contributed by atoms with van der Waals surface area (Å²) in [4.78, 5) is 19.6. The van der Waals surface area contributed by atoms with E-state index in [-0.39, 0.29) is 5.91 Å². The van der Waals surface area contributed by atoms with E-state index in [1.54, 1.807) is 11.3 Å². The highest BCUT2D eigenvalue weighted by Crippen LogP contribution is 2.30. The zero-order valence-corrected chi connectivity index (χ0v) is 15.2. The largest absolute Gasteiger partial charge is 0.349 e. The Morgan fingerprint density at radius 1 is 1.39 bits per heavy atom. The number of amides is 1. The highest BCUT2D eigenvalue weighted by molar-refractivity contribution is 7.09. The summed E-state index contributed by atoms with van der Waals surface area (Å²) >= 11 is 1.73. The van der Waals surface area contributed by atoms with Crippen LogP contribution in [0.2, 0.25) is 0 Å². The second-order valence-electron chi connectivity index (χ2n) is 6.45. The molecule has 0 spiro atoms. The van der Waals surface area contributed by atoms with E-state index in [1.807, 2.05) is 17.9 Å². The van der Waals surface area contributed by atoms with Crippen molar-refractivity contribution in [3.8, 4) is 0 Å². The Morgan fingerprint density at radius 3 is 2.78 bits per heavy atom. The van der Waals surface area contributed by atoms with Crippen molar-refractivity contribution in [2.24, 2.45) is 0 Å². The van der Waals surface area contributed by atoms with Gasteiger partial charge in [-0.15, -0.1) is 11.3 Å². The van der Waals surface area contributed by atoms with Crippen LogP contribution in [0.1, 0.15) is 58.1 Å². The third-order valence-corrected chi connectivity index (χ3v) is 5.94. The van der Waals surface area contributed by atoms with Crippen molar-refractivity contribution >= 4 is 17.2 Å². The van der Waals surface area contributed by atoms with E-state index in [4.69, 9.17) is 0 Å². The van der Waals surface area contributed by atoms with Crippen LogP contribution in [0.5, 0.6) is 0 Å². The van der Waals surface area contributed by atoms with Gasteiger partial charge < -0.3 is 9.47 Å². The van der Waals surface area contributed by atoms with E-state index in [0.29, 0.717) is 5.92 Å². The molecule has 124 valence electrons. The lowest BCUT2D eigenvalue weighted by atomic mass is 9.98. The van der Waals surface area contributed by atoms with E-state index in [2.05, 4.69) is 35.7 Å². The lowest BCUT2D eigenvalue weighted by Gasteiger charge is -2.32. The number of hydrogen-bond acceptors (Lipinski definition) is 3. The van der Waals surface area contributed by atoms with Crippen LogP contribution in [0.3, 0.4) is 0 Å². The molecular formula is C18H25N3OS. The second kappa shape index (κ2) is 6.48. The zero-order valence-electron chi connectivity index (χ0n) is 14.4. The highest BCUT2D eigenvalue weighted by atomic mass is 32.1. The van der Waals surface area contributed by atoms with Gasteiger partial charge in [-0.2, -0.15) is 0 Å². The Kier molecular flexibility index (Phi) is 4.57. The molecular weight excluding hydrogens is 306 g/mol. The molecule has 3 heterocycles. The quantitative estimate of drug-likeness (QED) is 0.855. The van der Waals surface area contributed by atoms with Gasteiger partial charge in [0.2, 0.25) is 0 Å². The van der Waals surface area contributed by atoms with Crippen LogP contribution in [0.15, 0.2) is 11.4 Å². The predicted molar refractivity (Wildman–Crippen MR) is 94.3 cm³/mol. The number of aromatic nitrogens is 2. The zero-order chi connectivity index (χ0) is 16.6. The first-order chi connectivity index (χ1) is 11.0. The summed E-state index contributed by atoms with van der Waals surface area (Å²) < 4.78 is 2.21. The van der Waals surface area contributed by atoms with Gasteiger partial charge in [0, 0.05) is 48.0 Å². The van der Waals surface area contributed by atoms with Gasteiger partial charge in [0.25, 0.3) is 5.91 Å². The number of nitrogens with zero attached hydrogens (tertiary/aromatic N) is 3. The third-order valence-electron chi connectivity index (χ3n) is 4.81. The summed E-state index contributed by atoms with van der Waals surface area (Å²) in [6.07, 6.45) is 2.19. The molecule has 1 saturated heterocycles. The van der Waals surface area contributed by atoms with Gasteiger partial charge in [0.1, 0.15) is 0 Å². The van der Waals surface area contributed by atoms with Gasteiger partial charge in [0.15, 0.2) is 0 Å². The molecule has 0 unspecified atom stereocenters. The normalized spacial score (nSPS) is 18.4. The van der Waals surface area contributed by atoms with Crippen LogP contribution in [0, 0.1) is 20.8 Å². The number of rotatable bonds is 3. The molecule has 0 radical (unpaired) electrons. The Labute approximate surface area is 142 Å². The van der Waals surface area contributed by atoms with E-state index in [1.165, 1.54) is 5.01 Å². The van der Waals surface area contributed by atoms with Gasteiger partial charge in [-0.3, -0.25) is 4.79 Å². The molecule has 3 rings (SSSR count). The molecule has 23 heavy (non-hydrogen) atoms. The minimum Gasteiger partial charge on any atom is -0.349 e. The van der Waals surface area contributed by atoms with Gasteiger partial charge in [0.05, 0.1) is 10.6 Å². The van der Waals surface area contributed by atoms with Gasteiger partial charge in [-0.25, -0.2) is 4.98 Å². The van der Waals surface area contributed by atoms with E-state index < -0.39 is 0 Å². The first-order valence-corrected chi connectivity index (χ1v) is 9.27. The molecule has 2 aromatic heterocycles. The molecule has 1 aliphatic heterocycles. The predicted octanol–water partition coefficient (Wildman–Crippen LogP) is 3.91. The fourth-order valence-corrected chi connectivity index (χ4v) is 4.52. The summed E-state index contributed by atoms with van der Waals surface area (Å²) in [7, 11) is 0. The second-order valence-corrected chi connectivity index (χ2v) is 7.34. The maximum absolute atomic E-state index is 13.0. The minimum atomic E-state index is 0.177. The Morgan fingerprint density at radius 2 is 2.17 bits per heavy atom. The molecule has 5 heteroatoms. The monoisotopic (exact) mass is 331 g/mol. The topological polar surface area (TPSA) is 38.1 Å². The Balaban J connectivity index is 1.80. The standard InChI is InChI=1S/C18H25N3OS/c1-5-21-13(3)9-16(14(21)4)18(22)20-8-6-7-15(10-20)17-19-12(2)11-23-17/h9,11,15H,5-8,10H2,1-4H3/t15-/m0/s1. The molecule has 4 nitrogen and oxygen atoms in total. The molecule has 0 saturated carbocycles. The number of likely N-dealkylation sites (tertiary alicyclic amines) is 1. The number of piperidine rings is 1. The van der Waals surface area contributed by atoms with Crippen molar-refractivity contribution in [2.45, 2.75) is 53.0 Å². The van der Waals surface area contributed by atoms with Gasteiger partial charge >= 0.3 is 0 Å². The molecule has 1 aliphatic rings. The molecule has 0 N–H and O–H groups in total. The summed E-state index contributed by atoms with van der Waals surface area (Å²) in [5, 5.41) is 3.28. The highest BCUT2D eigenvalue weighted by Gasteiger charge is 2.28.